The van der Waals surface area contributed by atoms with Gasteiger partial charge in [0.05, 0.1) is 63.7 Å². The lowest BCUT2D eigenvalue weighted by atomic mass is 9.88. The summed E-state index contributed by atoms with van der Waals surface area (Å²) in [6.45, 7) is 30.5. The van der Waals surface area contributed by atoms with Crippen LogP contribution >= 0.6 is 0 Å². The number of nitrogens with zero attached hydrogens (tertiary/aromatic N) is 3. The van der Waals surface area contributed by atoms with E-state index in [4.69, 9.17) is 47.4 Å². The third kappa shape index (κ3) is 32.8. The molecule has 0 aliphatic carbocycles. The largest absolute Gasteiger partial charge is 0.462 e. The molecule has 25 heteroatoms. The zero-order chi connectivity index (χ0) is 64.6. The van der Waals surface area contributed by atoms with E-state index >= 15 is 0 Å². The van der Waals surface area contributed by atoms with Gasteiger partial charge in [-0.05, 0) is 51.4 Å². The fourth-order valence-corrected chi connectivity index (χ4v) is 8.28. The van der Waals surface area contributed by atoms with E-state index in [9.17, 15) is 43.2 Å². The second-order valence-electron chi connectivity index (χ2n) is 20.9. The van der Waals surface area contributed by atoms with Gasteiger partial charge in [0, 0.05) is 57.5 Å². The number of unbranched alkanes of at least 4 members (excludes halogenated alkanes) is 9. The average molecular weight is 1230 g/mol. The minimum Gasteiger partial charge on any atom is -0.462 e. The van der Waals surface area contributed by atoms with E-state index in [1.54, 1.807) is 24.3 Å². The molecule has 1 aromatic heterocycles. The summed E-state index contributed by atoms with van der Waals surface area (Å²) in [5.41, 5.74) is -4.78. The van der Waals surface area contributed by atoms with E-state index in [0.29, 0.717) is 156 Å². The number of amides is 3. The predicted molar refractivity (Wildman–Crippen MR) is 328 cm³/mol. The number of rotatable bonds is 54. The molecule has 1 aromatic rings. The highest BCUT2D eigenvalue weighted by Crippen LogP contribution is 2.26. The summed E-state index contributed by atoms with van der Waals surface area (Å²) in [7, 11) is 0. The third-order valence-corrected chi connectivity index (χ3v) is 13.8. The summed E-state index contributed by atoms with van der Waals surface area (Å²) < 4.78 is 58.1. The summed E-state index contributed by atoms with van der Waals surface area (Å²) in [5, 5.41) is 8.17. The Hall–Kier alpha value is -7.35. The van der Waals surface area contributed by atoms with Gasteiger partial charge in [-0.25, -0.2) is 56.9 Å². The van der Waals surface area contributed by atoms with Crippen LogP contribution in [0.1, 0.15) is 104 Å². The molecule has 0 bridgehead atoms. The van der Waals surface area contributed by atoms with Gasteiger partial charge in [-0.2, -0.15) is 0 Å². The molecule has 25 nitrogen and oxygen atoms in total. The van der Waals surface area contributed by atoms with Crippen LogP contribution in [-0.2, 0) is 81.4 Å². The highest BCUT2D eigenvalue weighted by atomic mass is 16.6. The van der Waals surface area contributed by atoms with Gasteiger partial charge in [0.25, 0.3) is 0 Å². The minimum atomic E-state index is -1.51. The van der Waals surface area contributed by atoms with E-state index in [0.717, 1.165) is 31.9 Å². The number of carbonyl (C=O) groups is 6. The first-order valence-electron chi connectivity index (χ1n) is 29.7. The van der Waals surface area contributed by atoms with Crippen molar-refractivity contribution in [2.24, 2.45) is 16.2 Å². The van der Waals surface area contributed by atoms with E-state index in [1.165, 1.54) is 0 Å². The monoisotopic (exact) mass is 1230 g/mol. The maximum absolute atomic E-state index is 13.9. The second-order valence-corrected chi connectivity index (χ2v) is 20.9. The van der Waals surface area contributed by atoms with Crippen molar-refractivity contribution in [3.63, 3.8) is 0 Å². The molecule has 490 valence electrons. The van der Waals surface area contributed by atoms with Crippen LogP contribution in [-0.4, -0.2) is 162 Å². The van der Waals surface area contributed by atoms with Gasteiger partial charge in [0.15, 0.2) is 0 Å². The topological polar surface area (TPSA) is 297 Å². The number of aromatic nitrogens is 3. The molecular formula is C62H98N6O19. The van der Waals surface area contributed by atoms with E-state index in [1.807, 2.05) is 13.8 Å². The fraction of sp³-hybridized carbons (Fsp3) is 0.629. The summed E-state index contributed by atoms with van der Waals surface area (Å²) in [5.74, 6) is -2.49. The molecular weight excluding hydrogens is 1130 g/mol. The van der Waals surface area contributed by atoms with E-state index in [-0.39, 0.29) is 39.4 Å². The summed E-state index contributed by atoms with van der Waals surface area (Å²) in [6.07, 6.45) is 15.1. The summed E-state index contributed by atoms with van der Waals surface area (Å²) in [6, 6.07) is 0. The second kappa shape index (κ2) is 46.8. The Kier molecular flexibility index (Phi) is 41.8. The number of esters is 3. The highest BCUT2D eigenvalue weighted by molar-refractivity contribution is 5.82. The number of nitrogens with one attached hydrogen (secondary N) is 3. The molecule has 1 heterocycles. The van der Waals surface area contributed by atoms with Crippen LogP contribution in [0.5, 0.6) is 0 Å². The molecule has 3 amide bonds. The third-order valence-electron chi connectivity index (χ3n) is 13.8. The van der Waals surface area contributed by atoms with E-state index < -0.39 is 95.9 Å². The van der Waals surface area contributed by atoms with Crippen LogP contribution in [0, 0.1) is 16.2 Å². The van der Waals surface area contributed by atoms with Crippen molar-refractivity contribution in [1.29, 1.82) is 0 Å². The molecule has 3 N–H and O–H groups in total. The number of hydrogen-bond acceptors (Lipinski definition) is 19. The Bertz CT molecular complexity index is 2290. The van der Waals surface area contributed by atoms with Crippen molar-refractivity contribution < 1.29 is 76.1 Å². The first-order chi connectivity index (χ1) is 41.9. The quantitative estimate of drug-likeness (QED) is 0.0198. The molecule has 0 radical (unpaired) electrons. The van der Waals surface area contributed by atoms with Gasteiger partial charge in [0.2, 0.25) is 0 Å². The zero-order valence-electron chi connectivity index (χ0n) is 51.6. The molecule has 0 aromatic carbocycles. The molecule has 0 aliphatic heterocycles. The van der Waals surface area contributed by atoms with Crippen LogP contribution in [0.2, 0.25) is 0 Å². The Labute approximate surface area is 512 Å². The van der Waals surface area contributed by atoms with Crippen LogP contribution in [0.3, 0.4) is 0 Å². The molecule has 87 heavy (non-hydrogen) atoms. The summed E-state index contributed by atoms with van der Waals surface area (Å²) in [4.78, 5) is 116. The van der Waals surface area contributed by atoms with Crippen molar-refractivity contribution in [2.45, 2.75) is 123 Å². The van der Waals surface area contributed by atoms with Gasteiger partial charge in [-0.1, -0.05) is 96.4 Å². The predicted octanol–water partition coefficient (Wildman–Crippen LogP) is 6.81. The van der Waals surface area contributed by atoms with Gasteiger partial charge < -0.3 is 63.3 Å². The van der Waals surface area contributed by atoms with Gasteiger partial charge in [-0.3, -0.25) is 0 Å². The van der Waals surface area contributed by atoms with Crippen molar-refractivity contribution in [1.82, 2.24) is 29.7 Å². The molecule has 1 rings (SSSR count). The van der Waals surface area contributed by atoms with Crippen molar-refractivity contribution in [2.75, 3.05) is 112 Å². The van der Waals surface area contributed by atoms with Crippen LogP contribution in [0.25, 0.3) is 0 Å². The van der Waals surface area contributed by atoms with Crippen molar-refractivity contribution in [3.05, 3.63) is 120 Å². The number of ether oxygens (including phenoxy) is 10. The highest BCUT2D eigenvalue weighted by Gasteiger charge is 2.38. The molecule has 0 fully saturated rings. The van der Waals surface area contributed by atoms with Gasteiger partial charge in [0.1, 0.15) is 45.1 Å². The van der Waals surface area contributed by atoms with Gasteiger partial charge in [-0.15, -0.1) is 26.3 Å². The Morgan fingerprint density at radius 2 is 0.598 bits per heavy atom. The molecule has 0 saturated heterocycles. The fourth-order valence-electron chi connectivity index (χ4n) is 8.28. The van der Waals surface area contributed by atoms with Crippen molar-refractivity contribution >= 4 is 36.2 Å². The standard InChI is InChI=1S/C62H98N6O19/c1-10-37-78-41-60(17-8,42-79-38-11-2)45-85-54(72)63-31-25-19-22-28-34-66-57(75)67(35-29-23-20-26-32-64-55(73)86-46-61(18-9,43-80-39-12-3)44-81-40-13-4)59(77)68(58(66)76)36-30-24-21-27-33-65-56(74)87-50-62(47-82-51(69)14-5,48-83-52(70)15-6)49-84-53(71)16-7/h10-16H,1-7,17-50H2,8-9H3,(H,63,72)(H,64,73)(H,65,74). The Balaban J connectivity index is 3.03. The maximum Gasteiger partial charge on any atom is 0.407 e. The molecule has 0 saturated carbocycles. The van der Waals surface area contributed by atoms with Crippen molar-refractivity contribution in [3.8, 4) is 0 Å². The van der Waals surface area contributed by atoms with Crippen LogP contribution in [0.4, 0.5) is 14.4 Å². The number of alkyl carbamates (subject to hydrolysis) is 3. The lowest BCUT2D eigenvalue weighted by molar-refractivity contribution is -0.159. The molecule has 0 unspecified atom stereocenters. The van der Waals surface area contributed by atoms with Crippen LogP contribution < -0.4 is 33.0 Å². The number of carbonyl (C=O) groups excluding carboxylic acids is 6. The zero-order valence-corrected chi connectivity index (χ0v) is 51.6. The normalized spacial score (nSPS) is 11.3. The van der Waals surface area contributed by atoms with Gasteiger partial charge >= 0.3 is 53.3 Å². The molecule has 0 aliphatic rings. The Morgan fingerprint density at radius 3 is 0.839 bits per heavy atom. The number of hydrogen-bond donors (Lipinski definition) is 3. The lowest BCUT2D eigenvalue weighted by Crippen LogP contribution is -2.54. The maximum atomic E-state index is 13.9. The molecule has 0 atom stereocenters. The molecule has 0 spiro atoms. The first kappa shape index (κ1) is 77.7. The first-order valence-corrected chi connectivity index (χ1v) is 29.7. The minimum absolute atomic E-state index is 0.0223. The van der Waals surface area contributed by atoms with E-state index in [2.05, 4.69) is 62.0 Å². The average Bonchev–Trinajstić information content (AvgIpc) is 2.71. The SMILES string of the molecule is C=CCOCC(CC)(COCC=C)COC(=O)NCCCCCCn1c(=O)n(CCCCCCNC(=O)OCC(CC)(COCC=C)COCC=C)c(=O)n(CCCCCCNC(=O)OCC(COC(=O)C=C)(COC(=O)C=C)COC(=O)C=C)c1=O. The Morgan fingerprint density at radius 1 is 0.356 bits per heavy atom. The smallest absolute Gasteiger partial charge is 0.407 e. The summed E-state index contributed by atoms with van der Waals surface area (Å²) >= 11 is 0. The van der Waals surface area contributed by atoms with Crippen LogP contribution in [0.15, 0.2) is 103 Å². The lowest BCUT2D eigenvalue weighted by Gasteiger charge is -2.31.